The molecule has 2 rings (SSSR count). The van der Waals surface area contributed by atoms with Gasteiger partial charge in [-0.1, -0.05) is 60.4 Å². The second-order valence-electron chi connectivity index (χ2n) is 8.37. The first kappa shape index (κ1) is 24.8. The summed E-state index contributed by atoms with van der Waals surface area (Å²) >= 11 is 0. The molecule has 0 spiro atoms. The van der Waals surface area contributed by atoms with E-state index in [1.165, 1.54) is 11.1 Å². The van der Waals surface area contributed by atoms with Gasteiger partial charge in [-0.05, 0) is 64.0 Å². The van der Waals surface area contributed by atoms with Crippen LogP contribution in [0.4, 0.5) is 0 Å². The summed E-state index contributed by atoms with van der Waals surface area (Å²) in [5.41, 5.74) is 2.48. The first-order chi connectivity index (χ1) is 13.3. The normalized spacial score (nSPS) is 11.3. The Balaban J connectivity index is 0.00000420. The van der Waals surface area contributed by atoms with Gasteiger partial charge in [-0.15, -0.1) is 12.4 Å². The largest absolute Gasteiger partial charge is 0.489 e. The number of hydrogen-bond donors (Lipinski definition) is 0. The molecule has 156 valence electrons. The van der Waals surface area contributed by atoms with Crippen LogP contribution in [0.15, 0.2) is 66.7 Å². The minimum Gasteiger partial charge on any atom is -0.489 e. The molecule has 0 fully saturated rings. The molecular formula is C26H34ClNO. The Morgan fingerprint density at radius 1 is 1.00 bits per heavy atom. The molecule has 0 atom stereocenters. The summed E-state index contributed by atoms with van der Waals surface area (Å²) in [5, 5.41) is 0. The first-order valence-electron chi connectivity index (χ1n) is 10.0. The molecular weight excluding hydrogens is 378 g/mol. The van der Waals surface area contributed by atoms with Gasteiger partial charge in [0.05, 0.1) is 0 Å². The van der Waals surface area contributed by atoms with Crippen LogP contribution >= 0.6 is 12.4 Å². The first-order valence-corrected chi connectivity index (χ1v) is 10.0. The van der Waals surface area contributed by atoms with Crippen LogP contribution in [-0.2, 0) is 13.2 Å². The SMILES string of the molecule is CC(C)N(C/C=C/C#CC(C)(C)C)Cc1cccc(OCc2ccccc2)c1.Cl. The number of halogens is 1. The highest BCUT2D eigenvalue weighted by Gasteiger charge is 2.09. The Hall–Kier alpha value is -2.21. The van der Waals surface area contributed by atoms with Gasteiger partial charge in [0.1, 0.15) is 12.4 Å². The highest BCUT2D eigenvalue weighted by atomic mass is 35.5. The summed E-state index contributed by atoms with van der Waals surface area (Å²) in [6, 6.07) is 19.1. The number of ether oxygens (including phenoxy) is 1. The number of allylic oxidation sites excluding steroid dienone is 1. The summed E-state index contributed by atoms with van der Waals surface area (Å²) < 4.78 is 5.97. The molecule has 0 N–H and O–H groups in total. The molecule has 29 heavy (non-hydrogen) atoms. The third kappa shape index (κ3) is 10.2. The van der Waals surface area contributed by atoms with Crippen LogP contribution in [0.2, 0.25) is 0 Å². The number of rotatable bonds is 8. The van der Waals surface area contributed by atoms with E-state index in [0.29, 0.717) is 12.6 Å². The summed E-state index contributed by atoms with van der Waals surface area (Å²) in [6.45, 7) is 13.2. The Morgan fingerprint density at radius 2 is 1.69 bits per heavy atom. The minimum absolute atomic E-state index is 0. The minimum atomic E-state index is 0. The van der Waals surface area contributed by atoms with Gasteiger partial charge in [0.25, 0.3) is 0 Å². The van der Waals surface area contributed by atoms with Gasteiger partial charge in [-0.25, -0.2) is 0 Å². The van der Waals surface area contributed by atoms with Gasteiger partial charge in [0, 0.05) is 24.5 Å². The second kappa shape index (κ2) is 12.4. The molecule has 0 aliphatic heterocycles. The van der Waals surface area contributed by atoms with Crippen molar-refractivity contribution in [2.75, 3.05) is 6.54 Å². The highest BCUT2D eigenvalue weighted by Crippen LogP contribution is 2.17. The molecule has 0 radical (unpaired) electrons. The molecule has 2 nitrogen and oxygen atoms in total. The quantitative estimate of drug-likeness (QED) is 0.459. The van der Waals surface area contributed by atoms with E-state index in [1.807, 2.05) is 30.3 Å². The Morgan fingerprint density at radius 3 is 2.34 bits per heavy atom. The van der Waals surface area contributed by atoms with Crippen LogP contribution < -0.4 is 4.74 Å². The number of benzene rings is 2. The predicted octanol–water partition coefficient (Wildman–Crippen LogP) is 6.50. The van der Waals surface area contributed by atoms with Gasteiger partial charge < -0.3 is 4.74 Å². The van der Waals surface area contributed by atoms with E-state index in [9.17, 15) is 0 Å². The third-order valence-electron chi connectivity index (χ3n) is 4.25. The van der Waals surface area contributed by atoms with E-state index in [1.54, 1.807) is 0 Å². The summed E-state index contributed by atoms with van der Waals surface area (Å²) in [6.07, 6.45) is 4.12. The van der Waals surface area contributed by atoms with Crippen molar-refractivity contribution in [3.63, 3.8) is 0 Å². The van der Waals surface area contributed by atoms with Crippen molar-refractivity contribution in [1.29, 1.82) is 0 Å². The van der Waals surface area contributed by atoms with E-state index in [4.69, 9.17) is 4.74 Å². The smallest absolute Gasteiger partial charge is 0.120 e. The molecule has 0 aromatic heterocycles. The van der Waals surface area contributed by atoms with Crippen molar-refractivity contribution in [3.8, 4) is 17.6 Å². The van der Waals surface area contributed by atoms with Crippen molar-refractivity contribution in [1.82, 2.24) is 4.90 Å². The molecule has 0 heterocycles. The Bertz CT molecular complexity index is 810. The Labute approximate surface area is 183 Å². The van der Waals surface area contributed by atoms with Gasteiger partial charge in [0.2, 0.25) is 0 Å². The van der Waals surface area contributed by atoms with Crippen LogP contribution in [0.3, 0.4) is 0 Å². The molecule has 2 aromatic rings. The van der Waals surface area contributed by atoms with Crippen molar-refractivity contribution >= 4 is 12.4 Å². The monoisotopic (exact) mass is 411 g/mol. The predicted molar refractivity (Wildman–Crippen MR) is 126 cm³/mol. The van der Waals surface area contributed by atoms with Crippen molar-refractivity contribution in [2.45, 2.75) is 53.8 Å². The van der Waals surface area contributed by atoms with E-state index >= 15 is 0 Å². The van der Waals surface area contributed by atoms with Crippen molar-refractivity contribution in [3.05, 3.63) is 77.9 Å². The second-order valence-corrected chi connectivity index (χ2v) is 8.37. The van der Waals surface area contributed by atoms with E-state index in [2.05, 4.69) is 87.8 Å². The molecule has 0 aliphatic carbocycles. The zero-order chi connectivity index (χ0) is 20.4. The van der Waals surface area contributed by atoms with Crippen LogP contribution in [-0.4, -0.2) is 17.5 Å². The van der Waals surface area contributed by atoms with Crippen molar-refractivity contribution in [2.24, 2.45) is 5.41 Å². The maximum absolute atomic E-state index is 5.97. The number of nitrogens with zero attached hydrogens (tertiary/aromatic N) is 1. The topological polar surface area (TPSA) is 12.5 Å². The molecule has 0 saturated heterocycles. The number of hydrogen-bond acceptors (Lipinski definition) is 2. The molecule has 0 amide bonds. The van der Waals surface area contributed by atoms with Crippen molar-refractivity contribution < 1.29 is 4.74 Å². The fraction of sp³-hybridized carbons (Fsp3) is 0.385. The van der Waals surface area contributed by atoms with E-state index in [0.717, 1.165) is 18.8 Å². The van der Waals surface area contributed by atoms with Gasteiger partial charge >= 0.3 is 0 Å². The summed E-state index contributed by atoms with van der Waals surface area (Å²) in [5.74, 6) is 7.30. The molecule has 0 aliphatic rings. The summed E-state index contributed by atoms with van der Waals surface area (Å²) in [4.78, 5) is 2.42. The highest BCUT2D eigenvalue weighted by molar-refractivity contribution is 5.85. The lowest BCUT2D eigenvalue weighted by molar-refractivity contribution is 0.236. The lowest BCUT2D eigenvalue weighted by Crippen LogP contribution is -2.30. The molecule has 3 heteroatoms. The fourth-order valence-electron chi connectivity index (χ4n) is 2.67. The fourth-order valence-corrected chi connectivity index (χ4v) is 2.67. The van der Waals surface area contributed by atoms with Crippen LogP contribution in [0.1, 0.15) is 45.7 Å². The van der Waals surface area contributed by atoms with Gasteiger partial charge in [-0.2, -0.15) is 0 Å². The van der Waals surface area contributed by atoms with E-state index < -0.39 is 0 Å². The molecule has 0 bridgehead atoms. The maximum Gasteiger partial charge on any atom is 0.120 e. The molecule has 0 saturated carbocycles. The lowest BCUT2D eigenvalue weighted by Gasteiger charge is -2.25. The third-order valence-corrected chi connectivity index (χ3v) is 4.25. The van der Waals surface area contributed by atoms with Crippen LogP contribution in [0.5, 0.6) is 5.75 Å². The van der Waals surface area contributed by atoms with Gasteiger partial charge in [-0.3, -0.25) is 4.90 Å². The average Bonchev–Trinajstić information content (AvgIpc) is 2.65. The maximum atomic E-state index is 5.97. The van der Waals surface area contributed by atoms with Crippen LogP contribution in [0, 0.1) is 17.3 Å². The van der Waals surface area contributed by atoms with E-state index in [-0.39, 0.29) is 17.8 Å². The zero-order valence-electron chi connectivity index (χ0n) is 18.3. The van der Waals surface area contributed by atoms with Crippen LogP contribution in [0.25, 0.3) is 0 Å². The standard InChI is InChI=1S/C26H33NO.ClH/c1-22(2)27(18-11-7-10-17-26(3,4)5)20-24-15-12-16-25(19-24)28-21-23-13-8-6-9-14-23;/h6-9,11-16,19,22H,18,20-21H2,1-5H3;1H/b11-7+;. The zero-order valence-corrected chi connectivity index (χ0v) is 19.1. The molecule has 2 aromatic carbocycles. The average molecular weight is 412 g/mol. The molecule has 0 unspecified atom stereocenters. The van der Waals surface area contributed by atoms with Gasteiger partial charge in [0.15, 0.2) is 0 Å². The summed E-state index contributed by atoms with van der Waals surface area (Å²) in [7, 11) is 0. The Kier molecular flexibility index (Phi) is 10.6. The lowest BCUT2D eigenvalue weighted by atomic mass is 9.98.